The maximum Gasteiger partial charge on any atom is 0.223 e. The van der Waals surface area contributed by atoms with Crippen LogP contribution in [0.3, 0.4) is 0 Å². The summed E-state index contributed by atoms with van der Waals surface area (Å²) < 4.78 is 0. The van der Waals surface area contributed by atoms with Crippen LogP contribution in [0, 0.1) is 5.41 Å². The van der Waals surface area contributed by atoms with Crippen LogP contribution in [0.15, 0.2) is 0 Å². The van der Waals surface area contributed by atoms with Crippen molar-refractivity contribution in [2.24, 2.45) is 16.9 Å². The molecule has 0 aromatic carbocycles. The van der Waals surface area contributed by atoms with E-state index < -0.39 is 0 Å². The van der Waals surface area contributed by atoms with Gasteiger partial charge in [0, 0.05) is 5.41 Å². The van der Waals surface area contributed by atoms with Gasteiger partial charge in [-0.25, -0.2) is 0 Å². The standard InChI is InChI=1S/C10H22N2O/c1-3-10(4-2,9(12)13)7-5-6-8-11/h3-8,11H2,1-2H3,(H2,12,13). The molecular weight excluding hydrogens is 164 g/mol. The lowest BCUT2D eigenvalue weighted by atomic mass is 9.77. The molecule has 0 aromatic rings. The predicted octanol–water partition coefficient (Wildman–Crippen LogP) is 1.41. The predicted molar refractivity (Wildman–Crippen MR) is 55.1 cm³/mol. The Bertz CT molecular complexity index is 153. The van der Waals surface area contributed by atoms with Crippen LogP contribution in [-0.4, -0.2) is 12.5 Å². The quantitative estimate of drug-likeness (QED) is 0.590. The number of rotatable bonds is 7. The Kier molecular flexibility index (Phi) is 5.71. The van der Waals surface area contributed by atoms with E-state index in [1.165, 1.54) is 0 Å². The average molecular weight is 186 g/mol. The molecule has 0 unspecified atom stereocenters. The van der Waals surface area contributed by atoms with E-state index in [9.17, 15) is 4.79 Å². The van der Waals surface area contributed by atoms with Crippen molar-refractivity contribution >= 4 is 5.91 Å². The monoisotopic (exact) mass is 186 g/mol. The fourth-order valence-corrected chi connectivity index (χ4v) is 1.68. The van der Waals surface area contributed by atoms with Crippen LogP contribution < -0.4 is 11.5 Å². The van der Waals surface area contributed by atoms with Gasteiger partial charge in [-0.15, -0.1) is 0 Å². The fourth-order valence-electron chi connectivity index (χ4n) is 1.68. The van der Waals surface area contributed by atoms with Gasteiger partial charge < -0.3 is 11.5 Å². The number of hydrogen-bond donors (Lipinski definition) is 2. The largest absolute Gasteiger partial charge is 0.369 e. The molecule has 3 nitrogen and oxygen atoms in total. The minimum Gasteiger partial charge on any atom is -0.369 e. The first-order valence-corrected chi connectivity index (χ1v) is 5.13. The number of nitrogens with two attached hydrogens (primary N) is 2. The van der Waals surface area contributed by atoms with Crippen molar-refractivity contribution < 1.29 is 4.79 Å². The van der Waals surface area contributed by atoms with Crippen LogP contribution in [0.5, 0.6) is 0 Å². The molecule has 0 saturated carbocycles. The summed E-state index contributed by atoms with van der Waals surface area (Å²) in [5, 5.41) is 0. The van der Waals surface area contributed by atoms with E-state index in [0.717, 1.165) is 32.1 Å². The second-order valence-corrected chi connectivity index (χ2v) is 3.60. The number of hydrogen-bond acceptors (Lipinski definition) is 2. The zero-order valence-corrected chi connectivity index (χ0v) is 8.81. The molecule has 0 spiro atoms. The van der Waals surface area contributed by atoms with Crippen molar-refractivity contribution in [3.63, 3.8) is 0 Å². The molecule has 0 bridgehead atoms. The highest BCUT2D eigenvalue weighted by Crippen LogP contribution is 2.31. The molecule has 1 amide bonds. The summed E-state index contributed by atoms with van der Waals surface area (Å²) in [6, 6.07) is 0. The van der Waals surface area contributed by atoms with E-state index >= 15 is 0 Å². The van der Waals surface area contributed by atoms with Crippen molar-refractivity contribution in [2.75, 3.05) is 6.54 Å². The topological polar surface area (TPSA) is 69.1 Å². The lowest BCUT2D eigenvalue weighted by Crippen LogP contribution is -2.36. The third-order valence-electron chi connectivity index (χ3n) is 2.99. The van der Waals surface area contributed by atoms with Gasteiger partial charge in [-0.2, -0.15) is 0 Å². The number of carbonyl (C=O) groups is 1. The first-order chi connectivity index (χ1) is 6.13. The molecule has 78 valence electrons. The molecule has 0 aromatic heterocycles. The second kappa shape index (κ2) is 5.97. The molecule has 0 fully saturated rings. The highest BCUT2D eigenvalue weighted by molar-refractivity contribution is 5.80. The number of primary amides is 1. The maximum absolute atomic E-state index is 11.3. The SMILES string of the molecule is CCC(CC)(CCCCN)C(N)=O. The molecule has 0 aliphatic carbocycles. The molecular formula is C10H22N2O. The summed E-state index contributed by atoms with van der Waals surface area (Å²) in [6.45, 7) is 4.75. The van der Waals surface area contributed by atoms with Gasteiger partial charge in [-0.1, -0.05) is 20.3 Å². The Balaban J connectivity index is 4.14. The van der Waals surface area contributed by atoms with Crippen molar-refractivity contribution in [3.05, 3.63) is 0 Å². The molecule has 0 rings (SSSR count). The lowest BCUT2D eigenvalue weighted by Gasteiger charge is -2.27. The molecule has 0 heterocycles. The normalized spacial score (nSPS) is 11.6. The maximum atomic E-state index is 11.3. The van der Waals surface area contributed by atoms with Gasteiger partial charge in [0.2, 0.25) is 5.91 Å². The molecule has 0 radical (unpaired) electrons. The van der Waals surface area contributed by atoms with Crippen LogP contribution >= 0.6 is 0 Å². The lowest BCUT2D eigenvalue weighted by molar-refractivity contribution is -0.128. The van der Waals surface area contributed by atoms with Crippen LogP contribution in [0.2, 0.25) is 0 Å². The van der Waals surface area contributed by atoms with Gasteiger partial charge >= 0.3 is 0 Å². The number of unbranched alkanes of at least 4 members (excludes halogenated alkanes) is 1. The fraction of sp³-hybridized carbons (Fsp3) is 0.900. The molecule has 13 heavy (non-hydrogen) atoms. The van der Waals surface area contributed by atoms with Crippen molar-refractivity contribution in [1.82, 2.24) is 0 Å². The minimum absolute atomic E-state index is 0.158. The Morgan fingerprint density at radius 2 is 1.77 bits per heavy atom. The van der Waals surface area contributed by atoms with Gasteiger partial charge in [0.1, 0.15) is 0 Å². The van der Waals surface area contributed by atoms with Crippen LogP contribution in [0.4, 0.5) is 0 Å². The third-order valence-corrected chi connectivity index (χ3v) is 2.99. The summed E-state index contributed by atoms with van der Waals surface area (Å²) in [4.78, 5) is 11.3. The highest BCUT2D eigenvalue weighted by atomic mass is 16.1. The highest BCUT2D eigenvalue weighted by Gasteiger charge is 2.31. The van der Waals surface area contributed by atoms with Crippen molar-refractivity contribution in [1.29, 1.82) is 0 Å². The van der Waals surface area contributed by atoms with E-state index in [1.807, 2.05) is 13.8 Å². The summed E-state index contributed by atoms with van der Waals surface area (Å²) in [6.07, 6.45) is 4.54. The van der Waals surface area contributed by atoms with Gasteiger partial charge in [0.05, 0.1) is 0 Å². The Hall–Kier alpha value is -0.570. The van der Waals surface area contributed by atoms with Crippen molar-refractivity contribution in [3.8, 4) is 0 Å². The van der Waals surface area contributed by atoms with Crippen LogP contribution in [0.25, 0.3) is 0 Å². The van der Waals surface area contributed by atoms with Crippen molar-refractivity contribution in [2.45, 2.75) is 46.0 Å². The Morgan fingerprint density at radius 3 is 2.08 bits per heavy atom. The molecule has 0 aliphatic rings. The van der Waals surface area contributed by atoms with E-state index in [4.69, 9.17) is 11.5 Å². The molecule has 3 heteroatoms. The average Bonchev–Trinajstić information content (AvgIpc) is 2.13. The Morgan fingerprint density at radius 1 is 1.23 bits per heavy atom. The zero-order valence-electron chi connectivity index (χ0n) is 8.81. The van der Waals surface area contributed by atoms with Crippen LogP contribution in [0.1, 0.15) is 46.0 Å². The summed E-state index contributed by atoms with van der Waals surface area (Å²) in [5.74, 6) is -0.158. The smallest absolute Gasteiger partial charge is 0.223 e. The van der Waals surface area contributed by atoms with Gasteiger partial charge in [-0.05, 0) is 32.2 Å². The van der Waals surface area contributed by atoms with E-state index in [1.54, 1.807) is 0 Å². The van der Waals surface area contributed by atoms with Crippen LogP contribution in [-0.2, 0) is 4.79 Å². The second-order valence-electron chi connectivity index (χ2n) is 3.60. The van der Waals surface area contributed by atoms with E-state index in [2.05, 4.69) is 0 Å². The van der Waals surface area contributed by atoms with E-state index in [0.29, 0.717) is 6.54 Å². The minimum atomic E-state index is -0.283. The number of amides is 1. The summed E-state index contributed by atoms with van der Waals surface area (Å²) in [5.41, 5.74) is 10.5. The molecule has 0 saturated heterocycles. The summed E-state index contributed by atoms with van der Waals surface area (Å²) >= 11 is 0. The van der Waals surface area contributed by atoms with Gasteiger partial charge in [0.15, 0.2) is 0 Å². The van der Waals surface area contributed by atoms with Gasteiger partial charge in [-0.3, -0.25) is 4.79 Å². The number of carbonyl (C=O) groups excluding carboxylic acids is 1. The first-order valence-electron chi connectivity index (χ1n) is 5.13. The van der Waals surface area contributed by atoms with E-state index in [-0.39, 0.29) is 11.3 Å². The molecule has 4 N–H and O–H groups in total. The first kappa shape index (κ1) is 12.4. The zero-order chi connectivity index (χ0) is 10.3. The third kappa shape index (κ3) is 3.35. The molecule has 0 atom stereocenters. The summed E-state index contributed by atoms with van der Waals surface area (Å²) in [7, 11) is 0. The Labute approximate surface area is 80.9 Å². The molecule has 0 aliphatic heterocycles. The van der Waals surface area contributed by atoms with Gasteiger partial charge in [0.25, 0.3) is 0 Å².